The van der Waals surface area contributed by atoms with Crippen LogP contribution in [0.3, 0.4) is 0 Å². The second-order valence-corrected chi connectivity index (χ2v) is 5.91. The van der Waals surface area contributed by atoms with Crippen LogP contribution >= 0.6 is 7.82 Å². The first-order chi connectivity index (χ1) is 10.3. The van der Waals surface area contributed by atoms with Crippen molar-refractivity contribution in [1.82, 2.24) is 19.5 Å². The number of nitrogens with two attached hydrogens (primary N) is 1. The van der Waals surface area contributed by atoms with E-state index < -0.39 is 32.9 Å². The Kier molecular flexibility index (Phi) is 8.27. The van der Waals surface area contributed by atoms with Crippen LogP contribution < -0.4 is 15.5 Å². The largest absolute Gasteiger partial charge is 0.790 e. The zero-order valence-electron chi connectivity index (χ0n) is 13.1. The summed E-state index contributed by atoms with van der Waals surface area (Å²) in [4.78, 5) is 32.9. The van der Waals surface area contributed by atoms with Gasteiger partial charge in [-0.1, -0.05) is 0 Å². The second-order valence-electron chi connectivity index (χ2n) is 4.76. The van der Waals surface area contributed by atoms with Crippen molar-refractivity contribution in [2.75, 3.05) is 12.3 Å². The summed E-state index contributed by atoms with van der Waals surface area (Å²) in [6, 6.07) is 0. The van der Waals surface area contributed by atoms with Gasteiger partial charge in [-0.15, -0.1) is 0 Å². The molecule has 11 nitrogen and oxygen atoms in total. The maximum absolute atomic E-state index is 10.5. The molecule has 2 radical (unpaired) electrons. The van der Waals surface area contributed by atoms with Gasteiger partial charge in [0.05, 0.1) is 26.9 Å². The Morgan fingerprint density at radius 3 is 2.79 bits per heavy atom. The molecular weight excluding hydrogens is 363 g/mol. The number of anilines is 1. The van der Waals surface area contributed by atoms with E-state index in [9.17, 15) is 19.5 Å². The quantitative estimate of drug-likeness (QED) is 0.418. The van der Waals surface area contributed by atoms with Crippen molar-refractivity contribution in [2.45, 2.75) is 24.9 Å². The monoisotopic (exact) mass is 375 g/mol. The van der Waals surface area contributed by atoms with Gasteiger partial charge < -0.3 is 34.5 Å². The molecule has 0 aromatic carbocycles. The van der Waals surface area contributed by atoms with Crippen molar-refractivity contribution < 1.29 is 28.7 Å². The summed E-state index contributed by atoms with van der Waals surface area (Å²) in [7, 11) is -5.12. The fourth-order valence-electron chi connectivity index (χ4n) is 2.28. The van der Waals surface area contributed by atoms with Crippen LogP contribution in [0.15, 0.2) is 12.7 Å². The molecule has 0 amide bonds. The summed E-state index contributed by atoms with van der Waals surface area (Å²) in [6.45, 7) is -0.550. The van der Waals surface area contributed by atoms with Gasteiger partial charge in [0.15, 0.2) is 11.5 Å². The van der Waals surface area contributed by atoms with Crippen LogP contribution in [0, 0.1) is 0 Å². The standard InChI is InChI=1S/C10H14N5O6P.2Na/c11-9-8-10(13-3-12-9)15(4-14-8)7-1-5(16)6(21-7)2-20-22(17,18)19;;/h3-7,16H,1-2H2,(H2,11,12,13)(H2,17,18,19);;/p-2/t5-,6+,7+;;/m0../s1. The Bertz CT molecular complexity index is 742. The number of phosphoric ester groups is 1. The zero-order valence-corrected chi connectivity index (χ0v) is 18.0. The van der Waals surface area contributed by atoms with Crippen molar-refractivity contribution >= 4 is 83.9 Å². The number of aliphatic hydroxyl groups excluding tert-OH is 1. The number of rotatable bonds is 4. The summed E-state index contributed by atoms with van der Waals surface area (Å²) in [5.41, 5.74) is 6.49. The van der Waals surface area contributed by atoms with Gasteiger partial charge >= 0.3 is 0 Å². The van der Waals surface area contributed by atoms with Crippen LogP contribution in [0.1, 0.15) is 12.6 Å². The van der Waals surface area contributed by atoms with E-state index in [4.69, 9.17) is 10.5 Å². The molecule has 3 N–H and O–H groups in total. The minimum atomic E-state index is -5.12. The van der Waals surface area contributed by atoms with Crippen molar-refractivity contribution in [3.8, 4) is 0 Å². The van der Waals surface area contributed by atoms with E-state index in [1.807, 2.05) is 0 Å². The Morgan fingerprint density at radius 2 is 2.12 bits per heavy atom. The van der Waals surface area contributed by atoms with E-state index >= 15 is 0 Å². The average molecular weight is 375 g/mol. The molecule has 14 heteroatoms. The number of aromatic nitrogens is 4. The molecule has 1 aliphatic rings. The van der Waals surface area contributed by atoms with Gasteiger partial charge in [-0.05, 0) is 0 Å². The summed E-state index contributed by atoms with van der Waals surface area (Å²) >= 11 is 0. The molecular formula is C10H12N5Na2O6P-2. The first-order valence-electron chi connectivity index (χ1n) is 6.28. The van der Waals surface area contributed by atoms with Gasteiger partial charge in [-0.2, -0.15) is 0 Å². The Morgan fingerprint density at radius 1 is 1.42 bits per heavy atom. The second kappa shape index (κ2) is 8.85. The molecule has 3 atom stereocenters. The average Bonchev–Trinajstić information content (AvgIpc) is 3.00. The Labute approximate surface area is 180 Å². The van der Waals surface area contributed by atoms with Gasteiger partial charge in [-0.3, -0.25) is 4.57 Å². The third-order valence-corrected chi connectivity index (χ3v) is 3.76. The van der Waals surface area contributed by atoms with Crippen molar-refractivity contribution in [2.24, 2.45) is 0 Å². The summed E-state index contributed by atoms with van der Waals surface area (Å²) in [6.07, 6.45) is 0.285. The molecule has 0 spiro atoms. The van der Waals surface area contributed by atoms with E-state index in [1.54, 1.807) is 4.57 Å². The third kappa shape index (κ3) is 4.97. The minimum Gasteiger partial charge on any atom is -0.790 e. The predicted octanol–water partition coefficient (Wildman–Crippen LogP) is -2.86. The van der Waals surface area contributed by atoms with Crippen LogP contribution in [0.2, 0.25) is 0 Å². The number of hydrogen-bond donors (Lipinski definition) is 2. The van der Waals surface area contributed by atoms with Crippen LogP contribution in [0.25, 0.3) is 11.2 Å². The van der Waals surface area contributed by atoms with Crippen molar-refractivity contribution in [3.63, 3.8) is 0 Å². The van der Waals surface area contributed by atoms with Gasteiger partial charge in [0.25, 0.3) is 0 Å². The van der Waals surface area contributed by atoms with Gasteiger partial charge in [0, 0.05) is 65.5 Å². The number of phosphoric acid groups is 1. The van der Waals surface area contributed by atoms with Gasteiger partial charge in [-0.25, -0.2) is 15.0 Å². The summed E-state index contributed by atoms with van der Waals surface area (Å²) in [5, 5.41) is 9.89. The van der Waals surface area contributed by atoms with E-state index in [0.717, 1.165) is 0 Å². The van der Waals surface area contributed by atoms with Gasteiger partial charge in [0.2, 0.25) is 0 Å². The van der Waals surface area contributed by atoms with E-state index in [0.29, 0.717) is 11.2 Å². The zero-order chi connectivity index (χ0) is 15.9. The molecule has 0 saturated carbocycles. The fraction of sp³-hybridized carbons (Fsp3) is 0.500. The molecule has 1 aliphatic heterocycles. The fourth-order valence-corrected chi connectivity index (χ4v) is 2.61. The van der Waals surface area contributed by atoms with Crippen LogP contribution in [0.4, 0.5) is 5.82 Å². The number of imidazole rings is 1. The molecule has 1 fully saturated rings. The molecule has 122 valence electrons. The minimum absolute atomic E-state index is 0. The van der Waals surface area contributed by atoms with E-state index in [2.05, 4.69) is 19.5 Å². The maximum atomic E-state index is 10.5. The number of nitrogens with zero attached hydrogens (tertiary/aromatic N) is 4. The Balaban J connectivity index is 0.00000144. The molecule has 24 heavy (non-hydrogen) atoms. The SMILES string of the molecule is Nc1ncnc2c1ncn2[C@H]1C[C@H](O)[C@@H](COP(=O)([O-])[O-])O1.[Na].[Na]. The topological polar surface area (TPSA) is 172 Å². The van der Waals surface area contributed by atoms with E-state index in [-0.39, 0.29) is 71.4 Å². The third-order valence-electron chi connectivity index (χ3n) is 3.30. The number of hydrogen-bond acceptors (Lipinski definition) is 10. The molecule has 0 unspecified atom stereocenters. The maximum Gasteiger partial charge on any atom is 0.167 e. The van der Waals surface area contributed by atoms with Crippen molar-refractivity contribution in [1.29, 1.82) is 0 Å². The van der Waals surface area contributed by atoms with Crippen LogP contribution in [-0.2, 0) is 13.8 Å². The first-order valence-corrected chi connectivity index (χ1v) is 7.74. The molecule has 2 aromatic heterocycles. The molecule has 1 saturated heterocycles. The number of fused-ring (bicyclic) bond motifs is 1. The molecule has 0 aliphatic carbocycles. The smallest absolute Gasteiger partial charge is 0.167 e. The first kappa shape index (κ1) is 22.4. The molecule has 0 bridgehead atoms. The van der Waals surface area contributed by atoms with Crippen LogP contribution in [0.5, 0.6) is 0 Å². The normalized spacial score (nSPS) is 23.7. The molecule has 3 heterocycles. The summed E-state index contributed by atoms with van der Waals surface area (Å²) < 4.78 is 21.7. The van der Waals surface area contributed by atoms with E-state index in [1.165, 1.54) is 12.7 Å². The van der Waals surface area contributed by atoms with Gasteiger partial charge in [0.1, 0.15) is 24.2 Å². The summed E-state index contributed by atoms with van der Waals surface area (Å²) in [5.74, 6) is 0.209. The number of ether oxygens (including phenoxy) is 1. The molecule has 2 aromatic rings. The molecule has 3 rings (SSSR count). The Hall–Kier alpha value is 0.380. The predicted molar refractivity (Wildman–Crippen MR) is 79.3 cm³/mol. The van der Waals surface area contributed by atoms with Crippen molar-refractivity contribution in [3.05, 3.63) is 12.7 Å². The number of aliphatic hydroxyl groups is 1. The van der Waals surface area contributed by atoms with Crippen LogP contribution in [-0.4, -0.2) is 103 Å². The number of nitrogen functional groups attached to an aromatic ring is 1.